The first kappa shape index (κ1) is 8.57. The van der Waals surface area contributed by atoms with E-state index in [1.807, 2.05) is 0 Å². The summed E-state index contributed by atoms with van der Waals surface area (Å²) in [6.07, 6.45) is 4.30. The molecule has 0 saturated carbocycles. The normalized spacial score (nSPS) is 37.9. The maximum absolute atomic E-state index is 3.83. The Balaban J connectivity index is 2.49. The molecule has 1 heterocycles. The van der Waals surface area contributed by atoms with Gasteiger partial charge < -0.3 is 0 Å². The van der Waals surface area contributed by atoms with Crippen molar-refractivity contribution in [2.75, 3.05) is 0 Å². The second kappa shape index (κ2) is 3.25. The van der Waals surface area contributed by atoms with Crippen molar-refractivity contribution in [1.29, 1.82) is 0 Å². The minimum atomic E-state index is -1.24. The van der Waals surface area contributed by atoms with Crippen LogP contribution in [0.2, 0.25) is 10.1 Å². The van der Waals surface area contributed by atoms with Crippen LogP contribution < -0.4 is 0 Å². The van der Waals surface area contributed by atoms with E-state index in [0.29, 0.717) is 0 Å². The Bertz CT molecular complexity index is 103. The first-order valence-electron chi connectivity index (χ1n) is 3.32. The zero-order chi connectivity index (χ0) is 6.91. The molecule has 1 aliphatic heterocycles. The van der Waals surface area contributed by atoms with Gasteiger partial charge in [0.2, 0.25) is 0 Å². The molecule has 1 fully saturated rings. The Morgan fingerprint density at radius 2 is 2.00 bits per heavy atom. The molecule has 1 saturated heterocycles. The van der Waals surface area contributed by atoms with E-state index in [-0.39, 0.29) is 0 Å². The molecule has 0 amide bonds. The molecule has 3 heteroatoms. The van der Waals surface area contributed by atoms with E-state index in [1.54, 1.807) is 0 Å². The molecule has 0 N–H and O–H groups in total. The van der Waals surface area contributed by atoms with Crippen LogP contribution in [0.1, 0.15) is 26.2 Å². The third-order valence-corrected chi connectivity index (χ3v) is 16.6. The molecule has 0 bridgehead atoms. The fraction of sp³-hybridized carbons (Fsp3) is 1.00. The van der Waals surface area contributed by atoms with Gasteiger partial charge in [0.1, 0.15) is 0 Å². The van der Waals surface area contributed by atoms with Crippen LogP contribution in [-0.4, -0.2) is 9.23 Å². The van der Waals surface area contributed by atoms with Crippen LogP contribution in [-0.2, 0) is 0 Å². The van der Waals surface area contributed by atoms with Crippen molar-refractivity contribution in [2.24, 2.45) is 0 Å². The molecule has 0 aromatic carbocycles. The second-order valence-electron chi connectivity index (χ2n) is 2.63. The van der Waals surface area contributed by atoms with Gasteiger partial charge in [0.05, 0.1) is 0 Å². The van der Waals surface area contributed by atoms with Gasteiger partial charge in [0.15, 0.2) is 0 Å². The van der Waals surface area contributed by atoms with Crippen molar-refractivity contribution >= 4 is 37.4 Å². The van der Waals surface area contributed by atoms with Crippen molar-refractivity contribution in [2.45, 2.75) is 36.3 Å². The monoisotopic (exact) mass is 322 g/mol. The molecule has 56 valence electrons. The fourth-order valence-corrected chi connectivity index (χ4v) is 8.57. The van der Waals surface area contributed by atoms with Crippen LogP contribution in [0.15, 0.2) is 0 Å². The molecular weight excluding hydrogens is 311 g/mol. The number of rotatable bonds is 0. The Kier molecular flexibility index (Phi) is 3.10. The molecule has 1 aliphatic rings. The molecule has 0 aromatic rings. The quantitative estimate of drug-likeness (QED) is 0.595. The van der Waals surface area contributed by atoms with Gasteiger partial charge in [0, 0.05) is 0 Å². The van der Waals surface area contributed by atoms with E-state index in [1.165, 1.54) is 24.6 Å². The third-order valence-electron chi connectivity index (χ3n) is 1.87. The van der Waals surface area contributed by atoms with Crippen LogP contribution in [0.5, 0.6) is 0 Å². The van der Waals surface area contributed by atoms with Crippen LogP contribution in [0, 0.1) is 0 Å². The summed E-state index contributed by atoms with van der Waals surface area (Å²) in [4.78, 5) is 0.940. The Morgan fingerprint density at radius 1 is 1.33 bits per heavy atom. The van der Waals surface area contributed by atoms with E-state index in [0.717, 1.165) is 4.82 Å². The molecule has 9 heavy (non-hydrogen) atoms. The van der Waals surface area contributed by atoms with Crippen LogP contribution >= 0.6 is 28.2 Å². The van der Waals surface area contributed by atoms with Gasteiger partial charge in [-0.2, -0.15) is 0 Å². The molecule has 0 aromatic heterocycles. The topological polar surface area (TPSA) is 0 Å². The van der Waals surface area contributed by atoms with Crippen molar-refractivity contribution in [3.63, 3.8) is 0 Å². The summed E-state index contributed by atoms with van der Waals surface area (Å²) in [6, 6.07) is 0. The first-order chi connectivity index (χ1) is 4.13. The maximum atomic E-state index is 3.83. The minimum absolute atomic E-state index is 0.940. The molecule has 1 atom stereocenters. The van der Waals surface area contributed by atoms with Crippen LogP contribution in [0.3, 0.4) is 0 Å². The van der Waals surface area contributed by atoms with Crippen molar-refractivity contribution in [1.82, 2.24) is 0 Å². The van der Waals surface area contributed by atoms with Gasteiger partial charge in [-0.1, -0.05) is 0 Å². The molecule has 0 spiro atoms. The summed E-state index contributed by atoms with van der Waals surface area (Å²) in [7, 11) is -1.24. The van der Waals surface area contributed by atoms with Crippen LogP contribution in [0.4, 0.5) is 0 Å². The summed E-state index contributed by atoms with van der Waals surface area (Å²) in [5.41, 5.74) is 0. The third kappa shape index (κ3) is 2.21. The molecule has 0 aliphatic carbocycles. The number of hydrogen-bond donors (Lipinski definition) is 0. The van der Waals surface area contributed by atoms with Gasteiger partial charge in [-0.3, -0.25) is 0 Å². The molecular formula is C6H12Br2Se. The van der Waals surface area contributed by atoms with E-state index in [2.05, 4.69) is 35.1 Å². The Hall–Kier alpha value is 1.48. The van der Waals surface area contributed by atoms with Crippen molar-refractivity contribution in [3.05, 3.63) is 0 Å². The van der Waals surface area contributed by atoms with Crippen molar-refractivity contribution in [3.8, 4) is 0 Å². The summed E-state index contributed by atoms with van der Waals surface area (Å²) in [6.45, 7) is 2.36. The van der Waals surface area contributed by atoms with Gasteiger partial charge in [0.25, 0.3) is 0 Å². The molecule has 1 unspecified atom stereocenters. The Morgan fingerprint density at radius 3 is 2.33 bits per heavy atom. The summed E-state index contributed by atoms with van der Waals surface area (Å²) in [5.74, 6) is 0. The molecule has 0 nitrogen and oxygen atoms in total. The predicted octanol–water partition coefficient (Wildman–Crippen LogP) is 3.79. The number of halogens is 2. The van der Waals surface area contributed by atoms with E-state index < -0.39 is 9.23 Å². The average molecular weight is 323 g/mol. The fourth-order valence-electron chi connectivity index (χ4n) is 1.10. The van der Waals surface area contributed by atoms with E-state index in [4.69, 9.17) is 0 Å². The number of hydrogen-bond acceptors (Lipinski definition) is 0. The molecule has 0 radical (unpaired) electrons. The average Bonchev–Trinajstić information content (AvgIpc) is 1.77. The van der Waals surface area contributed by atoms with Gasteiger partial charge in [-0.15, -0.1) is 0 Å². The summed E-state index contributed by atoms with van der Waals surface area (Å²) < 4.78 is 0. The van der Waals surface area contributed by atoms with Gasteiger partial charge in [-0.25, -0.2) is 0 Å². The second-order valence-corrected chi connectivity index (χ2v) is 24.3. The van der Waals surface area contributed by atoms with Crippen LogP contribution in [0.25, 0.3) is 0 Å². The van der Waals surface area contributed by atoms with Crippen molar-refractivity contribution < 1.29 is 0 Å². The first-order valence-corrected chi connectivity index (χ1v) is 13.5. The van der Waals surface area contributed by atoms with Gasteiger partial charge in [-0.05, 0) is 0 Å². The summed E-state index contributed by atoms with van der Waals surface area (Å²) >= 11 is 7.66. The predicted molar refractivity (Wildman–Crippen MR) is 51.7 cm³/mol. The zero-order valence-electron chi connectivity index (χ0n) is 5.57. The standard InChI is InChI=1S/C6H12Br2Se/c1-6-4-2-3-5-9(6,7)8/h6H,2-5H2,1H3. The van der Waals surface area contributed by atoms with E-state index in [9.17, 15) is 0 Å². The van der Waals surface area contributed by atoms with E-state index >= 15 is 0 Å². The SMILES string of the molecule is CC1CCCC[Se]1(Br)Br. The molecule has 1 rings (SSSR count). The van der Waals surface area contributed by atoms with Gasteiger partial charge >= 0.3 is 73.8 Å². The zero-order valence-corrected chi connectivity index (χ0v) is 10.5. The Labute approximate surface area is 73.4 Å². The summed E-state index contributed by atoms with van der Waals surface area (Å²) in [5, 5.41) is 1.43.